The summed E-state index contributed by atoms with van der Waals surface area (Å²) in [5.74, 6) is -0.235. The van der Waals surface area contributed by atoms with Crippen LogP contribution in [0.4, 0.5) is 11.4 Å². The highest BCUT2D eigenvalue weighted by Gasteiger charge is 2.23. The van der Waals surface area contributed by atoms with E-state index in [0.717, 1.165) is 0 Å². The van der Waals surface area contributed by atoms with Crippen molar-refractivity contribution in [1.82, 2.24) is 5.16 Å². The Morgan fingerprint density at radius 1 is 0.806 bits per heavy atom. The normalized spacial score (nSPS) is 10.5. The number of hydrogen-bond acceptors (Lipinski definition) is 4. The average molecular weight is 432 g/mol. The summed E-state index contributed by atoms with van der Waals surface area (Å²) in [7, 11) is 0. The third-order valence-corrected chi connectivity index (χ3v) is 4.98. The lowest BCUT2D eigenvalue weighted by molar-refractivity contribution is 0.101. The number of hydrogen-bond donors (Lipinski definition) is 2. The number of rotatable bonds is 5. The molecule has 0 saturated heterocycles. The zero-order valence-corrected chi connectivity index (χ0v) is 17.3. The fourth-order valence-corrected chi connectivity index (χ4v) is 3.33. The van der Waals surface area contributed by atoms with Crippen molar-refractivity contribution >= 4 is 34.8 Å². The topological polar surface area (TPSA) is 84.2 Å². The molecular formula is C24H18ClN3O3. The molecule has 0 aliphatic carbocycles. The number of para-hydroxylation sites is 1. The second-order valence-electron chi connectivity index (χ2n) is 6.79. The maximum atomic E-state index is 12.9. The number of amides is 2. The van der Waals surface area contributed by atoms with Gasteiger partial charge in [0, 0.05) is 22.5 Å². The minimum atomic E-state index is -0.379. The molecule has 154 valence electrons. The lowest BCUT2D eigenvalue weighted by atomic mass is 10.1. The number of nitrogens with zero attached hydrogens (tertiary/aromatic N) is 1. The number of benzene rings is 3. The Labute approximate surface area is 183 Å². The van der Waals surface area contributed by atoms with Gasteiger partial charge >= 0.3 is 0 Å². The zero-order chi connectivity index (χ0) is 21.8. The zero-order valence-electron chi connectivity index (χ0n) is 16.6. The fourth-order valence-electron chi connectivity index (χ4n) is 3.10. The maximum Gasteiger partial charge on any atom is 0.261 e. The summed E-state index contributed by atoms with van der Waals surface area (Å²) in [5.41, 5.74) is 3.00. The van der Waals surface area contributed by atoms with Gasteiger partial charge < -0.3 is 15.2 Å². The van der Waals surface area contributed by atoms with E-state index in [-0.39, 0.29) is 11.8 Å². The largest absolute Gasteiger partial charge is 0.360 e. The second-order valence-corrected chi connectivity index (χ2v) is 7.20. The molecule has 4 aromatic rings. The van der Waals surface area contributed by atoms with E-state index < -0.39 is 0 Å². The van der Waals surface area contributed by atoms with E-state index >= 15 is 0 Å². The number of aryl methyl sites for hydroxylation is 1. The van der Waals surface area contributed by atoms with E-state index in [1.54, 1.807) is 49.4 Å². The van der Waals surface area contributed by atoms with Crippen LogP contribution < -0.4 is 10.6 Å². The molecule has 1 aromatic heterocycles. The van der Waals surface area contributed by atoms with E-state index in [1.165, 1.54) is 0 Å². The van der Waals surface area contributed by atoms with E-state index in [9.17, 15) is 9.59 Å². The molecule has 2 amide bonds. The molecule has 0 radical (unpaired) electrons. The predicted octanol–water partition coefficient (Wildman–Crippen LogP) is 5.81. The van der Waals surface area contributed by atoms with Crippen molar-refractivity contribution in [2.75, 3.05) is 10.6 Å². The van der Waals surface area contributed by atoms with Gasteiger partial charge in [0.25, 0.3) is 11.8 Å². The molecule has 6 nitrogen and oxygen atoms in total. The smallest absolute Gasteiger partial charge is 0.261 e. The first-order chi connectivity index (χ1) is 15.0. The van der Waals surface area contributed by atoms with Gasteiger partial charge in [0.15, 0.2) is 0 Å². The second kappa shape index (κ2) is 8.85. The van der Waals surface area contributed by atoms with Gasteiger partial charge in [-0.1, -0.05) is 53.2 Å². The van der Waals surface area contributed by atoms with Crippen molar-refractivity contribution in [2.45, 2.75) is 6.92 Å². The first kappa shape index (κ1) is 20.4. The molecule has 7 heteroatoms. The van der Waals surface area contributed by atoms with Crippen molar-refractivity contribution in [3.8, 4) is 11.3 Å². The fraction of sp³-hybridized carbons (Fsp3) is 0.0417. The molecule has 0 spiro atoms. The van der Waals surface area contributed by atoms with Crippen LogP contribution in [0.3, 0.4) is 0 Å². The number of carbonyl (C=O) groups excluding carboxylic acids is 2. The van der Waals surface area contributed by atoms with Crippen molar-refractivity contribution in [1.29, 1.82) is 0 Å². The molecule has 0 aliphatic rings. The summed E-state index contributed by atoms with van der Waals surface area (Å²) >= 11 is 6.26. The molecule has 31 heavy (non-hydrogen) atoms. The van der Waals surface area contributed by atoms with Crippen LogP contribution in [0.2, 0.25) is 5.02 Å². The van der Waals surface area contributed by atoms with Gasteiger partial charge in [-0.2, -0.15) is 0 Å². The molecule has 3 aromatic carbocycles. The number of aromatic nitrogens is 1. The molecule has 0 bridgehead atoms. The molecule has 0 saturated carbocycles. The molecule has 0 aliphatic heterocycles. The molecule has 1 heterocycles. The number of halogens is 1. The van der Waals surface area contributed by atoms with Gasteiger partial charge in [-0.05, 0) is 49.4 Å². The Morgan fingerprint density at radius 2 is 1.42 bits per heavy atom. The highest BCUT2D eigenvalue weighted by atomic mass is 35.5. The predicted molar refractivity (Wildman–Crippen MR) is 120 cm³/mol. The molecular weight excluding hydrogens is 414 g/mol. The summed E-state index contributed by atoms with van der Waals surface area (Å²) in [4.78, 5) is 25.3. The van der Waals surface area contributed by atoms with Crippen LogP contribution >= 0.6 is 11.6 Å². The van der Waals surface area contributed by atoms with Crippen LogP contribution in [-0.2, 0) is 0 Å². The Bertz CT molecular complexity index is 1230. The standard InChI is InChI=1S/C24H18ClN3O3/c1-15-21(22(28-31-15)19-9-5-6-10-20(19)25)24(30)27-18-13-11-16(12-14-18)23(29)26-17-7-3-2-4-8-17/h2-14H,1H3,(H,26,29)(H,27,30). The molecule has 0 atom stereocenters. The minimum Gasteiger partial charge on any atom is -0.360 e. The van der Waals surface area contributed by atoms with Crippen molar-refractivity contribution in [3.63, 3.8) is 0 Å². The van der Waals surface area contributed by atoms with E-state index in [4.69, 9.17) is 16.1 Å². The summed E-state index contributed by atoms with van der Waals surface area (Å²) in [5, 5.41) is 10.1. The van der Waals surface area contributed by atoms with E-state index in [0.29, 0.717) is 44.5 Å². The lowest BCUT2D eigenvalue weighted by Gasteiger charge is -2.08. The van der Waals surface area contributed by atoms with Crippen molar-refractivity contribution < 1.29 is 14.1 Å². The lowest BCUT2D eigenvalue weighted by Crippen LogP contribution is -2.14. The number of nitrogens with one attached hydrogen (secondary N) is 2. The van der Waals surface area contributed by atoms with Crippen LogP contribution in [0.1, 0.15) is 26.5 Å². The highest BCUT2D eigenvalue weighted by molar-refractivity contribution is 6.33. The van der Waals surface area contributed by atoms with Gasteiger partial charge in [0.2, 0.25) is 0 Å². The van der Waals surface area contributed by atoms with Crippen LogP contribution in [0.15, 0.2) is 83.4 Å². The van der Waals surface area contributed by atoms with Gasteiger partial charge in [0.1, 0.15) is 17.0 Å². The maximum absolute atomic E-state index is 12.9. The van der Waals surface area contributed by atoms with Crippen LogP contribution in [0.25, 0.3) is 11.3 Å². The summed E-state index contributed by atoms with van der Waals surface area (Å²) in [6.45, 7) is 1.67. The number of carbonyl (C=O) groups is 2. The SMILES string of the molecule is Cc1onc(-c2ccccc2Cl)c1C(=O)Nc1ccc(C(=O)Nc2ccccc2)cc1. The Balaban J connectivity index is 1.51. The third kappa shape index (κ3) is 4.49. The van der Waals surface area contributed by atoms with Gasteiger partial charge in [-0.15, -0.1) is 0 Å². The Hall–Kier alpha value is -3.90. The quantitative estimate of drug-likeness (QED) is 0.417. The first-order valence-corrected chi connectivity index (χ1v) is 9.89. The third-order valence-electron chi connectivity index (χ3n) is 4.66. The van der Waals surface area contributed by atoms with Crippen molar-refractivity contribution in [3.05, 3.63) is 101 Å². The average Bonchev–Trinajstić information content (AvgIpc) is 3.16. The van der Waals surface area contributed by atoms with Crippen LogP contribution in [0, 0.1) is 6.92 Å². The van der Waals surface area contributed by atoms with Crippen LogP contribution in [0.5, 0.6) is 0 Å². The Kier molecular flexibility index (Phi) is 5.82. The van der Waals surface area contributed by atoms with Crippen molar-refractivity contribution in [2.24, 2.45) is 0 Å². The summed E-state index contributed by atoms with van der Waals surface area (Å²) in [6.07, 6.45) is 0. The summed E-state index contributed by atoms with van der Waals surface area (Å²) in [6, 6.07) is 22.9. The van der Waals surface area contributed by atoms with E-state index in [2.05, 4.69) is 15.8 Å². The van der Waals surface area contributed by atoms with Gasteiger partial charge in [0.05, 0.1) is 5.02 Å². The van der Waals surface area contributed by atoms with E-state index in [1.807, 2.05) is 36.4 Å². The van der Waals surface area contributed by atoms with Gasteiger partial charge in [-0.3, -0.25) is 9.59 Å². The van der Waals surface area contributed by atoms with Gasteiger partial charge in [-0.25, -0.2) is 0 Å². The summed E-state index contributed by atoms with van der Waals surface area (Å²) < 4.78 is 5.25. The monoisotopic (exact) mass is 431 g/mol. The number of anilines is 2. The minimum absolute atomic E-state index is 0.236. The highest BCUT2D eigenvalue weighted by Crippen LogP contribution is 2.31. The molecule has 2 N–H and O–H groups in total. The molecule has 0 unspecified atom stereocenters. The first-order valence-electron chi connectivity index (χ1n) is 9.52. The molecule has 4 rings (SSSR count). The van der Waals surface area contributed by atoms with Crippen LogP contribution in [-0.4, -0.2) is 17.0 Å². The molecule has 0 fully saturated rings. The Morgan fingerprint density at radius 3 is 2.13 bits per heavy atom.